The largest absolute Gasteiger partial charge is 0.491 e. The van der Waals surface area contributed by atoms with Crippen LogP contribution in [0, 0.1) is 17.6 Å². The lowest BCUT2D eigenvalue weighted by Crippen LogP contribution is -2.40. The van der Waals surface area contributed by atoms with Crippen LogP contribution in [0.3, 0.4) is 0 Å². The fourth-order valence-corrected chi connectivity index (χ4v) is 4.09. The zero-order valence-electron chi connectivity index (χ0n) is 18.0. The van der Waals surface area contributed by atoms with E-state index in [-0.39, 0.29) is 41.0 Å². The van der Waals surface area contributed by atoms with E-state index in [1.807, 2.05) is 0 Å². The van der Waals surface area contributed by atoms with Gasteiger partial charge in [-0.15, -0.1) is 0 Å². The number of rotatable bonds is 10. The number of halogens is 4. The van der Waals surface area contributed by atoms with Crippen molar-refractivity contribution < 1.29 is 28.2 Å². The van der Waals surface area contributed by atoms with Crippen molar-refractivity contribution in [1.82, 2.24) is 5.32 Å². The molecule has 1 aliphatic carbocycles. The monoisotopic (exact) mass is 501 g/mol. The van der Waals surface area contributed by atoms with Crippen molar-refractivity contribution >= 4 is 29.1 Å². The molecule has 0 aliphatic heterocycles. The van der Waals surface area contributed by atoms with E-state index in [9.17, 15) is 18.7 Å². The van der Waals surface area contributed by atoms with Crippen LogP contribution < -0.4 is 14.8 Å². The Kier molecular flexibility index (Phi) is 9.59. The lowest BCUT2D eigenvalue weighted by atomic mass is 9.83. The topological polar surface area (TPSA) is 67.8 Å². The molecule has 1 aliphatic rings. The van der Waals surface area contributed by atoms with Gasteiger partial charge in [0.05, 0.1) is 16.1 Å². The highest BCUT2D eigenvalue weighted by Gasteiger charge is 2.23. The summed E-state index contributed by atoms with van der Waals surface area (Å²) in [5.74, 6) is -0.354. The number of aliphatic hydroxyl groups excluding tert-OH is 1. The second-order valence-electron chi connectivity index (χ2n) is 8.27. The first-order valence-corrected chi connectivity index (χ1v) is 11.7. The minimum atomic E-state index is -0.643. The summed E-state index contributed by atoms with van der Waals surface area (Å²) < 4.78 is 37.6. The van der Waals surface area contributed by atoms with Gasteiger partial charge >= 0.3 is 0 Å². The molecule has 2 N–H and O–H groups in total. The average Bonchev–Trinajstić information content (AvgIpc) is 2.80. The predicted octanol–water partition coefficient (Wildman–Crippen LogP) is 5.55. The second-order valence-corrected chi connectivity index (χ2v) is 9.08. The number of nitrogens with one attached hydrogen (secondary N) is 1. The first-order chi connectivity index (χ1) is 15.8. The molecular weight excluding hydrogens is 475 g/mol. The first kappa shape index (κ1) is 25.5. The van der Waals surface area contributed by atoms with Gasteiger partial charge in [0.1, 0.15) is 29.7 Å². The molecule has 2 aromatic rings. The van der Waals surface area contributed by atoms with E-state index in [4.69, 9.17) is 32.7 Å². The maximum atomic E-state index is 13.4. The summed E-state index contributed by atoms with van der Waals surface area (Å²) >= 11 is 11.3. The predicted molar refractivity (Wildman–Crippen MR) is 123 cm³/mol. The molecule has 1 atom stereocenters. The fourth-order valence-electron chi connectivity index (χ4n) is 3.85. The van der Waals surface area contributed by atoms with Crippen molar-refractivity contribution in [2.75, 3.05) is 13.2 Å². The summed E-state index contributed by atoms with van der Waals surface area (Å²) in [6.45, 7) is -0.102. The number of ether oxygens (including phenoxy) is 2. The minimum Gasteiger partial charge on any atom is -0.491 e. The Morgan fingerprint density at radius 3 is 2.15 bits per heavy atom. The van der Waals surface area contributed by atoms with Gasteiger partial charge in [-0.2, -0.15) is 0 Å². The molecule has 0 saturated heterocycles. The molecule has 1 fully saturated rings. The molecule has 0 aromatic heterocycles. The third-order valence-corrected chi connectivity index (χ3v) is 6.33. The molecule has 5 nitrogen and oxygen atoms in total. The van der Waals surface area contributed by atoms with E-state index >= 15 is 0 Å². The molecule has 1 amide bonds. The number of benzene rings is 2. The van der Waals surface area contributed by atoms with Gasteiger partial charge in [0.15, 0.2) is 6.61 Å². The van der Waals surface area contributed by atoms with E-state index < -0.39 is 17.7 Å². The molecule has 3 rings (SSSR count). The van der Waals surface area contributed by atoms with Gasteiger partial charge in [0.2, 0.25) is 0 Å². The number of carbonyl (C=O) groups is 1. The summed E-state index contributed by atoms with van der Waals surface area (Å²) in [5, 5.41) is 13.2. The van der Waals surface area contributed by atoms with E-state index in [0.29, 0.717) is 18.1 Å². The average molecular weight is 502 g/mol. The molecule has 0 heterocycles. The zero-order chi connectivity index (χ0) is 23.8. The van der Waals surface area contributed by atoms with E-state index in [1.54, 1.807) is 6.07 Å². The molecule has 2 aromatic carbocycles. The van der Waals surface area contributed by atoms with Crippen molar-refractivity contribution in [3.63, 3.8) is 0 Å². The third kappa shape index (κ3) is 8.32. The Labute approximate surface area is 202 Å². The van der Waals surface area contributed by atoms with E-state index in [1.165, 1.54) is 24.3 Å². The summed E-state index contributed by atoms with van der Waals surface area (Å²) in [7, 11) is 0. The molecule has 0 unspecified atom stereocenters. The highest BCUT2D eigenvalue weighted by Crippen LogP contribution is 2.29. The lowest BCUT2D eigenvalue weighted by molar-refractivity contribution is -0.124. The van der Waals surface area contributed by atoms with Gasteiger partial charge in [-0.3, -0.25) is 4.79 Å². The molecule has 1 saturated carbocycles. The van der Waals surface area contributed by atoms with Crippen LogP contribution in [0.4, 0.5) is 8.78 Å². The van der Waals surface area contributed by atoms with Gasteiger partial charge in [0, 0.05) is 18.2 Å². The van der Waals surface area contributed by atoms with Crippen LogP contribution >= 0.6 is 23.2 Å². The van der Waals surface area contributed by atoms with Gasteiger partial charge < -0.3 is 19.9 Å². The minimum absolute atomic E-state index is 0.000511. The van der Waals surface area contributed by atoms with E-state index in [2.05, 4.69) is 5.32 Å². The molecule has 33 heavy (non-hydrogen) atoms. The van der Waals surface area contributed by atoms with Crippen LogP contribution in [-0.4, -0.2) is 36.4 Å². The van der Waals surface area contributed by atoms with Gasteiger partial charge in [-0.05, 0) is 68.7 Å². The fraction of sp³-hybridized carbons (Fsp3) is 0.458. The summed E-state index contributed by atoms with van der Waals surface area (Å²) in [6.07, 6.45) is 4.39. The number of carbonyl (C=O) groups excluding carboxylic acids is 1. The van der Waals surface area contributed by atoms with E-state index in [0.717, 1.165) is 38.2 Å². The number of hydrogen-bond acceptors (Lipinski definition) is 4. The molecule has 0 spiro atoms. The van der Waals surface area contributed by atoms with Crippen LogP contribution in [-0.2, 0) is 4.79 Å². The third-order valence-electron chi connectivity index (χ3n) is 5.71. The summed E-state index contributed by atoms with van der Waals surface area (Å²) in [4.78, 5) is 12.1. The Bertz CT molecular complexity index is 939. The zero-order valence-corrected chi connectivity index (χ0v) is 19.5. The lowest BCUT2D eigenvalue weighted by Gasteiger charge is -2.29. The number of hydrogen-bond donors (Lipinski definition) is 2. The Morgan fingerprint density at radius 1 is 1.00 bits per heavy atom. The van der Waals surface area contributed by atoms with Gasteiger partial charge in [-0.25, -0.2) is 8.78 Å². The Morgan fingerprint density at radius 2 is 1.58 bits per heavy atom. The van der Waals surface area contributed by atoms with Crippen LogP contribution in [0.15, 0.2) is 36.4 Å². The highest BCUT2D eigenvalue weighted by atomic mass is 35.5. The maximum absolute atomic E-state index is 13.4. The summed E-state index contributed by atoms with van der Waals surface area (Å²) in [5.41, 5.74) is 0. The van der Waals surface area contributed by atoms with Crippen LogP contribution in [0.1, 0.15) is 38.5 Å². The highest BCUT2D eigenvalue weighted by molar-refractivity contribution is 6.31. The number of amides is 1. The standard InChI is InChI=1S/C24H27Cl2F2NO4/c25-20-9-7-18(11-22(20)27)32-13-17(30)6-3-15-1-4-16(5-2-15)29-24(31)14-33-19-8-10-21(26)23(28)12-19/h7-12,15-17,30H,1-6,13-14H2,(H,29,31)/t15?,16?,17-/m1/s1. The Balaban J connectivity index is 1.29. The molecule has 0 bridgehead atoms. The SMILES string of the molecule is O=C(COc1ccc(Cl)c(F)c1)NC1CCC(CC[C@@H](O)COc2ccc(Cl)c(F)c2)CC1. The normalized spacial score (nSPS) is 19.1. The first-order valence-electron chi connectivity index (χ1n) is 10.9. The van der Waals surface area contributed by atoms with Crippen molar-refractivity contribution in [2.24, 2.45) is 5.92 Å². The smallest absolute Gasteiger partial charge is 0.258 e. The van der Waals surface area contributed by atoms with Crippen molar-refractivity contribution in [3.8, 4) is 11.5 Å². The maximum Gasteiger partial charge on any atom is 0.258 e. The van der Waals surface area contributed by atoms with Crippen LogP contribution in [0.5, 0.6) is 11.5 Å². The molecule has 0 radical (unpaired) electrons. The quantitative estimate of drug-likeness (QED) is 0.448. The van der Waals surface area contributed by atoms with Gasteiger partial charge in [-0.1, -0.05) is 23.2 Å². The molecule has 9 heteroatoms. The van der Waals surface area contributed by atoms with Crippen molar-refractivity contribution in [1.29, 1.82) is 0 Å². The van der Waals surface area contributed by atoms with Crippen LogP contribution in [0.2, 0.25) is 10.0 Å². The Hall–Kier alpha value is -2.09. The second kappa shape index (κ2) is 12.4. The number of aliphatic hydroxyl groups is 1. The molecular formula is C24H27Cl2F2NO4. The molecule has 180 valence electrons. The van der Waals surface area contributed by atoms with Crippen molar-refractivity contribution in [2.45, 2.75) is 50.7 Å². The van der Waals surface area contributed by atoms with Gasteiger partial charge in [0.25, 0.3) is 5.91 Å². The van der Waals surface area contributed by atoms with Crippen molar-refractivity contribution in [3.05, 3.63) is 58.1 Å². The summed E-state index contributed by atoms with van der Waals surface area (Å²) in [6, 6.07) is 8.29. The van der Waals surface area contributed by atoms with Crippen LogP contribution in [0.25, 0.3) is 0 Å².